The van der Waals surface area contributed by atoms with E-state index in [1.165, 1.54) is 6.42 Å². The Balaban J connectivity index is 2.38. The molecule has 2 rings (SSSR count). The third-order valence-electron chi connectivity index (χ3n) is 3.02. The van der Waals surface area contributed by atoms with Crippen LogP contribution in [0.25, 0.3) is 0 Å². The molecule has 0 unspecified atom stereocenters. The van der Waals surface area contributed by atoms with Crippen molar-refractivity contribution in [3.63, 3.8) is 0 Å². The molecule has 1 aliphatic rings. The molecule has 3 heteroatoms. The topological polar surface area (TPSA) is 35.2 Å². The summed E-state index contributed by atoms with van der Waals surface area (Å²) in [6, 6.07) is 5.69. The van der Waals surface area contributed by atoms with Crippen molar-refractivity contribution in [2.24, 2.45) is 5.73 Å². The molecule has 2 nitrogen and oxygen atoms in total. The summed E-state index contributed by atoms with van der Waals surface area (Å²) in [7, 11) is 0. The van der Waals surface area contributed by atoms with Crippen molar-refractivity contribution < 1.29 is 4.74 Å². The van der Waals surface area contributed by atoms with Gasteiger partial charge in [0.25, 0.3) is 0 Å². The maximum absolute atomic E-state index is 6.29. The van der Waals surface area contributed by atoms with Crippen LogP contribution in [0.4, 0.5) is 0 Å². The standard InChI is InChI=1S/C12H16ClNO/c1-2-15-11-5-4-9(13)8-10(11)12(14)6-3-7-12/h4-5,8H,2-3,6-7,14H2,1H3. The first-order chi connectivity index (χ1) is 7.15. The highest BCUT2D eigenvalue weighted by Gasteiger charge is 2.36. The second-order valence-electron chi connectivity index (χ2n) is 4.08. The average Bonchev–Trinajstić information content (AvgIpc) is 2.17. The summed E-state index contributed by atoms with van der Waals surface area (Å²) in [5.41, 5.74) is 7.13. The summed E-state index contributed by atoms with van der Waals surface area (Å²) in [5.74, 6) is 0.879. The first-order valence-corrected chi connectivity index (χ1v) is 5.75. The SMILES string of the molecule is CCOc1ccc(Cl)cc1C1(N)CCC1. The van der Waals surface area contributed by atoms with Crippen LogP contribution in [0, 0.1) is 0 Å². The highest BCUT2D eigenvalue weighted by Crippen LogP contribution is 2.43. The van der Waals surface area contributed by atoms with E-state index in [0.717, 1.165) is 29.2 Å². The largest absolute Gasteiger partial charge is 0.494 e. The van der Waals surface area contributed by atoms with E-state index in [4.69, 9.17) is 22.1 Å². The Bertz CT molecular complexity index is 361. The number of ether oxygens (including phenoxy) is 1. The first-order valence-electron chi connectivity index (χ1n) is 5.37. The second kappa shape index (κ2) is 4.03. The number of halogens is 1. The molecular formula is C12H16ClNO. The zero-order valence-corrected chi connectivity index (χ0v) is 9.68. The molecule has 2 N–H and O–H groups in total. The maximum Gasteiger partial charge on any atom is 0.124 e. The fraction of sp³-hybridized carbons (Fsp3) is 0.500. The van der Waals surface area contributed by atoms with Crippen molar-refractivity contribution in [2.45, 2.75) is 31.7 Å². The Hall–Kier alpha value is -0.730. The lowest BCUT2D eigenvalue weighted by Crippen LogP contribution is -2.43. The quantitative estimate of drug-likeness (QED) is 0.858. The minimum absolute atomic E-state index is 0.213. The number of hydrogen-bond donors (Lipinski definition) is 1. The van der Waals surface area contributed by atoms with E-state index in [2.05, 4.69) is 0 Å². The number of benzene rings is 1. The molecular weight excluding hydrogens is 210 g/mol. The Morgan fingerprint density at radius 1 is 1.47 bits per heavy atom. The van der Waals surface area contributed by atoms with E-state index in [1.54, 1.807) is 0 Å². The molecule has 1 aromatic carbocycles. The van der Waals surface area contributed by atoms with Crippen LogP contribution in [0.1, 0.15) is 31.7 Å². The molecule has 0 heterocycles. The van der Waals surface area contributed by atoms with Gasteiger partial charge >= 0.3 is 0 Å². The fourth-order valence-corrected chi connectivity index (χ4v) is 2.17. The average molecular weight is 226 g/mol. The summed E-state index contributed by atoms with van der Waals surface area (Å²) >= 11 is 5.99. The molecule has 0 saturated heterocycles. The number of hydrogen-bond acceptors (Lipinski definition) is 2. The summed E-state index contributed by atoms with van der Waals surface area (Å²) < 4.78 is 5.58. The highest BCUT2D eigenvalue weighted by molar-refractivity contribution is 6.30. The van der Waals surface area contributed by atoms with Crippen molar-refractivity contribution >= 4 is 11.6 Å². The molecule has 0 aromatic heterocycles. The molecule has 0 amide bonds. The zero-order valence-electron chi connectivity index (χ0n) is 8.92. The van der Waals surface area contributed by atoms with E-state index >= 15 is 0 Å². The summed E-state index contributed by atoms with van der Waals surface area (Å²) in [6.45, 7) is 2.63. The van der Waals surface area contributed by atoms with Gasteiger partial charge in [0.05, 0.1) is 6.61 Å². The van der Waals surface area contributed by atoms with Crippen LogP contribution in [0.2, 0.25) is 5.02 Å². The number of nitrogens with two attached hydrogens (primary N) is 1. The van der Waals surface area contributed by atoms with Gasteiger partial charge in [0.1, 0.15) is 5.75 Å². The van der Waals surface area contributed by atoms with E-state index in [-0.39, 0.29) is 5.54 Å². The van der Waals surface area contributed by atoms with Gasteiger partial charge in [-0.25, -0.2) is 0 Å². The predicted octanol–water partition coefficient (Wildman–Crippen LogP) is 3.08. The lowest BCUT2D eigenvalue weighted by atomic mass is 9.72. The summed E-state index contributed by atoms with van der Waals surface area (Å²) in [5, 5.41) is 0.727. The molecule has 82 valence electrons. The van der Waals surface area contributed by atoms with Gasteiger partial charge in [0.15, 0.2) is 0 Å². The minimum atomic E-state index is -0.213. The third-order valence-corrected chi connectivity index (χ3v) is 3.26. The Morgan fingerprint density at radius 3 is 2.73 bits per heavy atom. The van der Waals surface area contributed by atoms with Gasteiger partial charge < -0.3 is 10.5 Å². The van der Waals surface area contributed by atoms with Gasteiger partial charge in [-0.1, -0.05) is 11.6 Å². The molecule has 0 atom stereocenters. The van der Waals surface area contributed by atoms with Crippen molar-refractivity contribution in [1.29, 1.82) is 0 Å². The van der Waals surface area contributed by atoms with E-state index in [0.29, 0.717) is 6.61 Å². The van der Waals surface area contributed by atoms with Crippen LogP contribution in [-0.2, 0) is 5.54 Å². The molecule has 0 radical (unpaired) electrons. The van der Waals surface area contributed by atoms with E-state index < -0.39 is 0 Å². The van der Waals surface area contributed by atoms with Crippen molar-refractivity contribution in [2.75, 3.05) is 6.61 Å². The Kier molecular flexibility index (Phi) is 2.89. The van der Waals surface area contributed by atoms with Crippen LogP contribution < -0.4 is 10.5 Å². The monoisotopic (exact) mass is 225 g/mol. The minimum Gasteiger partial charge on any atom is -0.494 e. The van der Waals surface area contributed by atoms with E-state index in [1.807, 2.05) is 25.1 Å². The third kappa shape index (κ3) is 1.97. The van der Waals surface area contributed by atoms with Gasteiger partial charge in [-0.3, -0.25) is 0 Å². The van der Waals surface area contributed by atoms with Crippen LogP contribution in [0.3, 0.4) is 0 Å². The second-order valence-corrected chi connectivity index (χ2v) is 4.52. The Morgan fingerprint density at radius 2 is 2.20 bits per heavy atom. The van der Waals surface area contributed by atoms with E-state index in [9.17, 15) is 0 Å². The van der Waals surface area contributed by atoms with Gasteiger partial charge in [0, 0.05) is 16.1 Å². The van der Waals surface area contributed by atoms with Crippen LogP contribution >= 0.6 is 11.6 Å². The molecule has 1 saturated carbocycles. The molecule has 1 fully saturated rings. The van der Waals surface area contributed by atoms with Crippen molar-refractivity contribution in [3.8, 4) is 5.75 Å². The van der Waals surface area contributed by atoms with Gasteiger partial charge in [0.2, 0.25) is 0 Å². The van der Waals surface area contributed by atoms with Crippen molar-refractivity contribution in [1.82, 2.24) is 0 Å². The lowest BCUT2D eigenvalue weighted by molar-refractivity contribution is 0.238. The molecule has 0 aliphatic heterocycles. The Labute approximate surface area is 95.4 Å². The van der Waals surface area contributed by atoms with Crippen LogP contribution in [-0.4, -0.2) is 6.61 Å². The van der Waals surface area contributed by atoms with Crippen LogP contribution in [0.5, 0.6) is 5.75 Å². The fourth-order valence-electron chi connectivity index (χ4n) is 2.00. The first kappa shape index (κ1) is 10.8. The molecule has 0 spiro atoms. The predicted molar refractivity (Wildman–Crippen MR) is 62.3 cm³/mol. The number of rotatable bonds is 3. The molecule has 1 aromatic rings. The summed E-state index contributed by atoms with van der Waals surface area (Å²) in [6.07, 6.45) is 3.23. The summed E-state index contributed by atoms with van der Waals surface area (Å²) in [4.78, 5) is 0. The van der Waals surface area contributed by atoms with Gasteiger partial charge in [-0.15, -0.1) is 0 Å². The molecule has 1 aliphatic carbocycles. The normalized spacial score (nSPS) is 18.3. The van der Waals surface area contributed by atoms with Gasteiger partial charge in [-0.05, 0) is 44.4 Å². The van der Waals surface area contributed by atoms with Crippen LogP contribution in [0.15, 0.2) is 18.2 Å². The highest BCUT2D eigenvalue weighted by atomic mass is 35.5. The zero-order chi connectivity index (χ0) is 10.9. The van der Waals surface area contributed by atoms with Crippen molar-refractivity contribution in [3.05, 3.63) is 28.8 Å². The smallest absolute Gasteiger partial charge is 0.124 e. The van der Waals surface area contributed by atoms with Gasteiger partial charge in [-0.2, -0.15) is 0 Å². The maximum atomic E-state index is 6.29. The lowest BCUT2D eigenvalue weighted by Gasteiger charge is -2.39. The molecule has 0 bridgehead atoms. The molecule has 15 heavy (non-hydrogen) atoms.